The second-order valence-electron chi connectivity index (χ2n) is 6.86. The number of H-pyrrole nitrogens is 1. The van der Waals surface area contributed by atoms with Crippen LogP contribution >= 0.6 is 0 Å². The third-order valence-electron chi connectivity index (χ3n) is 5.10. The predicted molar refractivity (Wildman–Crippen MR) is 101 cm³/mol. The van der Waals surface area contributed by atoms with Gasteiger partial charge in [-0.2, -0.15) is 5.10 Å². The van der Waals surface area contributed by atoms with Crippen molar-refractivity contribution in [3.8, 4) is 5.75 Å². The Bertz CT molecular complexity index is 970. The number of amides is 1. The number of aromatic amines is 1. The Balaban J connectivity index is 1.64. The SMILES string of the molecule is CCCn1cc(C(=O)N2CCc3[nH]c4ccc(OC)cc4c3C2)c(C)n1. The molecule has 6 nitrogen and oxygen atoms in total. The summed E-state index contributed by atoms with van der Waals surface area (Å²) in [6, 6.07) is 6.04. The first-order valence-corrected chi connectivity index (χ1v) is 9.11. The molecule has 0 aliphatic carbocycles. The Hall–Kier alpha value is -2.76. The zero-order valence-corrected chi connectivity index (χ0v) is 15.5. The Morgan fingerprint density at radius 1 is 1.38 bits per heavy atom. The number of rotatable bonds is 4. The third-order valence-corrected chi connectivity index (χ3v) is 5.10. The van der Waals surface area contributed by atoms with Crippen LogP contribution in [0.4, 0.5) is 0 Å². The summed E-state index contributed by atoms with van der Waals surface area (Å²) in [7, 11) is 1.67. The minimum atomic E-state index is 0.0627. The number of carbonyl (C=O) groups is 1. The van der Waals surface area contributed by atoms with Gasteiger partial charge in [-0.3, -0.25) is 9.48 Å². The largest absolute Gasteiger partial charge is 0.497 e. The van der Waals surface area contributed by atoms with Gasteiger partial charge in [0.15, 0.2) is 0 Å². The lowest BCUT2D eigenvalue weighted by Gasteiger charge is -2.27. The molecule has 0 spiro atoms. The molecule has 0 saturated carbocycles. The maximum atomic E-state index is 13.1. The fourth-order valence-electron chi connectivity index (χ4n) is 3.74. The van der Waals surface area contributed by atoms with Crippen LogP contribution in [0.5, 0.6) is 5.75 Å². The van der Waals surface area contributed by atoms with Gasteiger partial charge in [0.1, 0.15) is 5.75 Å². The van der Waals surface area contributed by atoms with Crippen LogP contribution in [0.3, 0.4) is 0 Å². The molecule has 0 fully saturated rings. The highest BCUT2D eigenvalue weighted by Crippen LogP contribution is 2.31. The van der Waals surface area contributed by atoms with Crippen molar-refractivity contribution in [2.24, 2.45) is 0 Å². The van der Waals surface area contributed by atoms with E-state index in [1.807, 2.05) is 40.9 Å². The van der Waals surface area contributed by atoms with Gasteiger partial charge in [0.05, 0.1) is 18.4 Å². The first-order valence-electron chi connectivity index (χ1n) is 9.11. The maximum absolute atomic E-state index is 13.1. The van der Waals surface area contributed by atoms with Gasteiger partial charge in [-0.1, -0.05) is 6.92 Å². The van der Waals surface area contributed by atoms with Crippen molar-refractivity contribution in [2.75, 3.05) is 13.7 Å². The molecule has 2 aromatic heterocycles. The summed E-state index contributed by atoms with van der Waals surface area (Å²) in [6.07, 6.45) is 3.72. The van der Waals surface area contributed by atoms with Crippen molar-refractivity contribution in [1.29, 1.82) is 0 Å². The van der Waals surface area contributed by atoms with Crippen molar-refractivity contribution in [3.05, 3.63) is 46.9 Å². The number of aryl methyl sites for hydroxylation is 2. The smallest absolute Gasteiger partial charge is 0.257 e. The van der Waals surface area contributed by atoms with Gasteiger partial charge in [0.25, 0.3) is 5.91 Å². The first kappa shape index (κ1) is 16.7. The molecule has 0 unspecified atom stereocenters. The Kier molecular flexibility index (Phi) is 4.18. The van der Waals surface area contributed by atoms with Crippen LogP contribution in [0.25, 0.3) is 10.9 Å². The van der Waals surface area contributed by atoms with E-state index in [9.17, 15) is 4.79 Å². The number of benzene rings is 1. The standard InChI is InChI=1S/C20H24N4O2/c1-4-8-24-12-16(13(2)22-24)20(25)23-9-7-19-17(11-23)15-10-14(26-3)5-6-18(15)21-19/h5-6,10,12,21H,4,7-9,11H2,1-3H3. The molecule has 0 radical (unpaired) electrons. The number of aromatic nitrogens is 3. The lowest BCUT2D eigenvalue weighted by molar-refractivity contribution is 0.0734. The van der Waals surface area contributed by atoms with Crippen LogP contribution in [0.1, 0.15) is 40.7 Å². The molecule has 1 N–H and O–H groups in total. The minimum absolute atomic E-state index is 0.0627. The third kappa shape index (κ3) is 2.75. The number of hydrogen-bond donors (Lipinski definition) is 1. The van der Waals surface area contributed by atoms with Crippen LogP contribution in [0.2, 0.25) is 0 Å². The zero-order valence-electron chi connectivity index (χ0n) is 15.5. The second-order valence-corrected chi connectivity index (χ2v) is 6.86. The van der Waals surface area contributed by atoms with Gasteiger partial charge >= 0.3 is 0 Å². The second kappa shape index (κ2) is 6.52. The molecule has 26 heavy (non-hydrogen) atoms. The molecular formula is C20H24N4O2. The van der Waals surface area contributed by atoms with E-state index >= 15 is 0 Å². The van der Waals surface area contributed by atoms with Crippen molar-refractivity contribution >= 4 is 16.8 Å². The van der Waals surface area contributed by atoms with Crippen molar-refractivity contribution in [2.45, 2.75) is 39.8 Å². The van der Waals surface area contributed by atoms with E-state index in [0.29, 0.717) is 18.7 Å². The monoisotopic (exact) mass is 352 g/mol. The number of methoxy groups -OCH3 is 1. The number of nitrogens with zero attached hydrogens (tertiary/aromatic N) is 3. The number of hydrogen-bond acceptors (Lipinski definition) is 3. The van der Waals surface area contributed by atoms with E-state index in [4.69, 9.17) is 4.74 Å². The molecule has 4 rings (SSSR count). The zero-order chi connectivity index (χ0) is 18.3. The van der Waals surface area contributed by atoms with Gasteiger partial charge < -0.3 is 14.6 Å². The number of nitrogens with one attached hydrogen (secondary N) is 1. The van der Waals surface area contributed by atoms with Crippen LogP contribution in [-0.2, 0) is 19.5 Å². The summed E-state index contributed by atoms with van der Waals surface area (Å²) in [5.74, 6) is 0.896. The van der Waals surface area contributed by atoms with E-state index in [0.717, 1.165) is 41.7 Å². The van der Waals surface area contributed by atoms with Gasteiger partial charge in [0.2, 0.25) is 0 Å². The minimum Gasteiger partial charge on any atom is -0.497 e. The molecular weight excluding hydrogens is 328 g/mol. The highest BCUT2D eigenvalue weighted by molar-refractivity contribution is 5.96. The fourth-order valence-corrected chi connectivity index (χ4v) is 3.74. The Morgan fingerprint density at radius 2 is 2.23 bits per heavy atom. The molecule has 3 heterocycles. The average molecular weight is 352 g/mol. The average Bonchev–Trinajstić information content (AvgIpc) is 3.20. The van der Waals surface area contributed by atoms with E-state index in [1.54, 1.807) is 7.11 Å². The molecule has 1 aliphatic heterocycles. The van der Waals surface area contributed by atoms with E-state index < -0.39 is 0 Å². The lowest BCUT2D eigenvalue weighted by atomic mass is 10.0. The number of fused-ring (bicyclic) bond motifs is 3. The summed E-state index contributed by atoms with van der Waals surface area (Å²) < 4.78 is 7.23. The lowest BCUT2D eigenvalue weighted by Crippen LogP contribution is -2.36. The Morgan fingerprint density at radius 3 is 3.00 bits per heavy atom. The van der Waals surface area contributed by atoms with Gasteiger partial charge in [0, 0.05) is 54.4 Å². The summed E-state index contributed by atoms with van der Waals surface area (Å²) in [5.41, 5.74) is 5.01. The number of carbonyl (C=O) groups excluding carboxylic acids is 1. The molecule has 6 heteroatoms. The van der Waals surface area contributed by atoms with Crippen molar-refractivity contribution in [3.63, 3.8) is 0 Å². The highest BCUT2D eigenvalue weighted by Gasteiger charge is 2.26. The molecule has 0 bridgehead atoms. The van der Waals surface area contributed by atoms with Gasteiger partial charge in [-0.25, -0.2) is 0 Å². The normalized spacial score (nSPS) is 13.9. The van der Waals surface area contributed by atoms with Crippen molar-refractivity contribution < 1.29 is 9.53 Å². The molecule has 3 aromatic rings. The van der Waals surface area contributed by atoms with E-state index in [-0.39, 0.29) is 5.91 Å². The first-order chi connectivity index (χ1) is 12.6. The highest BCUT2D eigenvalue weighted by atomic mass is 16.5. The predicted octanol–water partition coefficient (Wildman–Crippen LogP) is 3.29. The molecule has 0 atom stereocenters. The molecule has 1 amide bonds. The topological polar surface area (TPSA) is 63.2 Å². The maximum Gasteiger partial charge on any atom is 0.257 e. The van der Waals surface area contributed by atoms with Gasteiger partial charge in [-0.15, -0.1) is 0 Å². The van der Waals surface area contributed by atoms with Crippen molar-refractivity contribution in [1.82, 2.24) is 19.7 Å². The summed E-state index contributed by atoms with van der Waals surface area (Å²) in [6.45, 7) is 6.18. The quantitative estimate of drug-likeness (QED) is 0.784. The summed E-state index contributed by atoms with van der Waals surface area (Å²) >= 11 is 0. The van der Waals surface area contributed by atoms with Crippen LogP contribution < -0.4 is 4.74 Å². The van der Waals surface area contributed by atoms with Crippen LogP contribution in [0.15, 0.2) is 24.4 Å². The fraction of sp³-hybridized carbons (Fsp3) is 0.400. The molecule has 0 saturated heterocycles. The van der Waals surface area contributed by atoms with E-state index in [1.165, 1.54) is 11.3 Å². The van der Waals surface area contributed by atoms with Crippen LogP contribution in [-0.4, -0.2) is 39.2 Å². The number of ether oxygens (including phenoxy) is 1. The van der Waals surface area contributed by atoms with Gasteiger partial charge in [-0.05, 0) is 31.5 Å². The van der Waals surface area contributed by atoms with E-state index in [2.05, 4.69) is 17.0 Å². The summed E-state index contributed by atoms with van der Waals surface area (Å²) in [5, 5.41) is 5.60. The molecule has 1 aromatic carbocycles. The molecule has 136 valence electrons. The van der Waals surface area contributed by atoms with Crippen LogP contribution in [0, 0.1) is 6.92 Å². The Labute approximate surface area is 152 Å². The molecule has 1 aliphatic rings. The summed E-state index contributed by atoms with van der Waals surface area (Å²) in [4.78, 5) is 18.5.